The van der Waals surface area contributed by atoms with Gasteiger partial charge in [-0.05, 0) is 43.1 Å². The normalized spacial score (nSPS) is 11.1. The first-order valence-corrected chi connectivity index (χ1v) is 6.65. The van der Waals surface area contributed by atoms with Gasteiger partial charge in [0.1, 0.15) is 0 Å². The molecule has 0 saturated heterocycles. The Morgan fingerprint density at radius 1 is 1.44 bits per heavy atom. The van der Waals surface area contributed by atoms with Gasteiger partial charge >= 0.3 is 0 Å². The van der Waals surface area contributed by atoms with Crippen LogP contribution in [-0.4, -0.2) is 19.7 Å². The lowest BCUT2D eigenvalue weighted by Crippen LogP contribution is -2.02. The third-order valence-electron chi connectivity index (χ3n) is 2.84. The zero-order valence-corrected chi connectivity index (χ0v) is 11.6. The molecule has 1 N–H and O–H groups in total. The predicted molar refractivity (Wildman–Crippen MR) is 74.7 cm³/mol. The quantitative estimate of drug-likeness (QED) is 0.840. The fraction of sp³-hybridized carbons (Fsp3) is 0.462. The maximum absolute atomic E-state index is 5.28. The largest absolute Gasteiger partial charge is 0.300 e. The highest BCUT2D eigenvalue weighted by molar-refractivity contribution is 7.71. The van der Waals surface area contributed by atoms with E-state index in [1.54, 1.807) is 6.20 Å². The van der Waals surface area contributed by atoms with Crippen LogP contribution in [0, 0.1) is 10.7 Å². The number of nitrogens with one attached hydrogen (secondary N) is 1. The molecular formula is C13H18N4S. The second-order valence-corrected chi connectivity index (χ2v) is 5.17. The van der Waals surface area contributed by atoms with Gasteiger partial charge in [0.05, 0.1) is 0 Å². The average Bonchev–Trinajstić information content (AvgIpc) is 2.72. The molecule has 0 amide bonds. The Hall–Kier alpha value is -1.49. The summed E-state index contributed by atoms with van der Waals surface area (Å²) < 4.78 is 2.73. The van der Waals surface area contributed by atoms with Gasteiger partial charge in [0, 0.05) is 24.5 Å². The van der Waals surface area contributed by atoms with E-state index in [-0.39, 0.29) is 0 Å². The molecule has 18 heavy (non-hydrogen) atoms. The van der Waals surface area contributed by atoms with Crippen LogP contribution in [-0.2, 0) is 6.54 Å². The maximum Gasteiger partial charge on any atom is 0.195 e. The van der Waals surface area contributed by atoms with E-state index in [4.69, 9.17) is 12.2 Å². The first-order chi connectivity index (χ1) is 8.68. The predicted octanol–water partition coefficient (Wildman–Crippen LogP) is 3.44. The fourth-order valence-corrected chi connectivity index (χ4v) is 2.12. The van der Waals surface area contributed by atoms with Gasteiger partial charge in [0.25, 0.3) is 0 Å². The van der Waals surface area contributed by atoms with Crippen LogP contribution in [0.2, 0.25) is 0 Å². The molecule has 0 saturated carbocycles. The molecule has 4 nitrogen and oxygen atoms in total. The van der Waals surface area contributed by atoms with Crippen LogP contribution in [0.3, 0.4) is 0 Å². The van der Waals surface area contributed by atoms with Crippen LogP contribution in [0.5, 0.6) is 0 Å². The molecule has 0 aromatic carbocycles. The van der Waals surface area contributed by atoms with E-state index >= 15 is 0 Å². The van der Waals surface area contributed by atoms with Crippen LogP contribution in [0.1, 0.15) is 26.7 Å². The van der Waals surface area contributed by atoms with Crippen LogP contribution >= 0.6 is 12.2 Å². The van der Waals surface area contributed by atoms with Gasteiger partial charge in [-0.15, -0.1) is 0 Å². The fourth-order valence-electron chi connectivity index (χ4n) is 1.90. The molecule has 0 aliphatic heterocycles. The van der Waals surface area contributed by atoms with Crippen molar-refractivity contribution in [2.75, 3.05) is 0 Å². The molecule has 0 spiro atoms. The summed E-state index contributed by atoms with van der Waals surface area (Å²) in [5, 5.41) is 7.15. The summed E-state index contributed by atoms with van der Waals surface area (Å²) >= 11 is 5.28. The Morgan fingerprint density at radius 3 is 2.94 bits per heavy atom. The minimum Gasteiger partial charge on any atom is -0.300 e. The highest BCUT2D eigenvalue weighted by Crippen LogP contribution is 2.17. The van der Waals surface area contributed by atoms with Crippen molar-refractivity contribution in [3.63, 3.8) is 0 Å². The Labute approximate surface area is 112 Å². The van der Waals surface area contributed by atoms with E-state index < -0.39 is 0 Å². The minimum absolute atomic E-state index is 0.678. The number of aromatic amines is 1. The highest BCUT2D eigenvalue weighted by atomic mass is 32.1. The third-order valence-corrected chi connectivity index (χ3v) is 3.15. The summed E-state index contributed by atoms with van der Waals surface area (Å²) in [5.41, 5.74) is 0.995. The van der Waals surface area contributed by atoms with Crippen LogP contribution in [0.15, 0.2) is 24.5 Å². The smallest absolute Gasteiger partial charge is 0.195 e. The monoisotopic (exact) mass is 262 g/mol. The Morgan fingerprint density at radius 2 is 2.28 bits per heavy atom. The number of H-pyrrole nitrogens is 1. The standard InChI is InChI=1S/C13H18N4S/c1-10(2)5-4-8-17-12(15-16-13(17)18)11-6-3-7-14-9-11/h3,6-7,9-10H,4-5,8H2,1-2H3,(H,16,18). The Balaban J connectivity index is 2.20. The van der Waals surface area contributed by atoms with Gasteiger partial charge in [0.2, 0.25) is 0 Å². The van der Waals surface area contributed by atoms with Crippen molar-refractivity contribution < 1.29 is 0 Å². The Bertz CT molecular complexity index is 542. The first-order valence-electron chi connectivity index (χ1n) is 6.24. The summed E-state index contributed by atoms with van der Waals surface area (Å²) in [4.78, 5) is 4.12. The first kappa shape index (κ1) is 13.0. The Kier molecular flexibility index (Phi) is 4.25. The number of hydrogen-bond acceptors (Lipinski definition) is 3. The van der Waals surface area contributed by atoms with E-state index in [0.29, 0.717) is 10.7 Å². The molecule has 0 aliphatic carbocycles. The third kappa shape index (κ3) is 3.04. The van der Waals surface area contributed by atoms with Crippen LogP contribution in [0.4, 0.5) is 0 Å². The van der Waals surface area contributed by atoms with E-state index in [1.165, 1.54) is 6.42 Å². The van der Waals surface area contributed by atoms with E-state index in [2.05, 4.69) is 33.6 Å². The molecule has 0 fully saturated rings. The summed E-state index contributed by atoms with van der Waals surface area (Å²) in [5.74, 6) is 1.59. The molecule has 0 aliphatic rings. The lowest BCUT2D eigenvalue weighted by Gasteiger charge is -2.08. The van der Waals surface area contributed by atoms with Crippen molar-refractivity contribution in [3.05, 3.63) is 29.3 Å². The number of aromatic nitrogens is 4. The van der Waals surface area contributed by atoms with Crippen LogP contribution in [0.25, 0.3) is 11.4 Å². The number of nitrogens with zero attached hydrogens (tertiary/aromatic N) is 3. The highest BCUT2D eigenvalue weighted by Gasteiger charge is 2.08. The maximum atomic E-state index is 5.28. The number of pyridine rings is 1. The number of rotatable bonds is 5. The molecular weight excluding hydrogens is 244 g/mol. The summed E-state index contributed by atoms with van der Waals surface area (Å²) in [6.07, 6.45) is 5.87. The molecule has 0 radical (unpaired) electrons. The van der Waals surface area contributed by atoms with Crippen molar-refractivity contribution in [1.82, 2.24) is 19.7 Å². The van der Waals surface area contributed by atoms with Gasteiger partial charge in [-0.2, -0.15) is 5.10 Å². The zero-order valence-electron chi connectivity index (χ0n) is 10.8. The molecule has 2 aromatic heterocycles. The van der Waals surface area contributed by atoms with E-state index in [0.717, 1.165) is 24.4 Å². The lowest BCUT2D eigenvalue weighted by molar-refractivity contribution is 0.511. The molecule has 0 atom stereocenters. The van der Waals surface area contributed by atoms with Gasteiger partial charge in [0.15, 0.2) is 10.6 Å². The van der Waals surface area contributed by atoms with Crippen molar-refractivity contribution in [1.29, 1.82) is 0 Å². The molecule has 2 aromatic rings. The number of hydrogen-bond donors (Lipinski definition) is 1. The van der Waals surface area contributed by atoms with Crippen LogP contribution < -0.4 is 0 Å². The second kappa shape index (κ2) is 5.91. The molecule has 2 heterocycles. The van der Waals surface area contributed by atoms with Crippen molar-refractivity contribution in [2.24, 2.45) is 5.92 Å². The average molecular weight is 262 g/mol. The van der Waals surface area contributed by atoms with Crippen molar-refractivity contribution in [3.8, 4) is 11.4 Å². The van der Waals surface area contributed by atoms with Gasteiger partial charge < -0.3 is 4.57 Å². The summed E-state index contributed by atoms with van der Waals surface area (Å²) in [6.45, 7) is 5.37. The zero-order chi connectivity index (χ0) is 13.0. The minimum atomic E-state index is 0.678. The summed E-state index contributed by atoms with van der Waals surface area (Å²) in [6, 6.07) is 3.91. The van der Waals surface area contributed by atoms with Gasteiger partial charge in [-0.25, -0.2) is 0 Å². The van der Waals surface area contributed by atoms with E-state index in [1.807, 2.05) is 18.3 Å². The van der Waals surface area contributed by atoms with Gasteiger partial charge in [-0.1, -0.05) is 13.8 Å². The SMILES string of the molecule is CC(C)CCCn1c(-c2cccnc2)n[nH]c1=S. The summed E-state index contributed by atoms with van der Waals surface area (Å²) in [7, 11) is 0. The molecule has 96 valence electrons. The van der Waals surface area contributed by atoms with Crippen molar-refractivity contribution >= 4 is 12.2 Å². The second-order valence-electron chi connectivity index (χ2n) is 4.78. The molecule has 5 heteroatoms. The van der Waals surface area contributed by atoms with E-state index in [9.17, 15) is 0 Å². The topological polar surface area (TPSA) is 46.5 Å². The van der Waals surface area contributed by atoms with Crippen molar-refractivity contribution in [2.45, 2.75) is 33.2 Å². The molecule has 0 bridgehead atoms. The molecule has 2 rings (SSSR count). The lowest BCUT2D eigenvalue weighted by atomic mass is 10.1. The van der Waals surface area contributed by atoms with Gasteiger partial charge in [-0.3, -0.25) is 10.1 Å². The molecule has 0 unspecified atom stereocenters.